The van der Waals surface area contributed by atoms with E-state index in [1.54, 1.807) is 18.2 Å². The minimum atomic E-state index is -0.603. The molecule has 3 rings (SSSR count). The number of ether oxygens (including phenoxy) is 2. The molecule has 1 atom stereocenters. The van der Waals surface area contributed by atoms with Crippen molar-refractivity contribution in [3.05, 3.63) is 95.3 Å². The molecule has 3 aromatic rings. The van der Waals surface area contributed by atoms with E-state index in [2.05, 4.69) is 5.32 Å². The first-order chi connectivity index (χ1) is 14.2. The minimum absolute atomic E-state index is 0.108. The maximum Gasteiger partial charge on any atom is 0.166 e. The molecule has 5 heteroatoms. The highest BCUT2D eigenvalue weighted by Gasteiger charge is 2.13. The van der Waals surface area contributed by atoms with E-state index in [0.717, 1.165) is 11.1 Å². The summed E-state index contributed by atoms with van der Waals surface area (Å²) in [5, 5.41) is 13.6. The summed E-state index contributed by atoms with van der Waals surface area (Å²) in [4.78, 5) is 0. The molecule has 0 spiro atoms. The average molecular weight is 395 g/mol. The van der Waals surface area contributed by atoms with Gasteiger partial charge in [-0.2, -0.15) is 0 Å². The van der Waals surface area contributed by atoms with Crippen LogP contribution in [0, 0.1) is 5.82 Å². The van der Waals surface area contributed by atoms with Crippen molar-refractivity contribution in [2.24, 2.45) is 0 Å². The van der Waals surface area contributed by atoms with Crippen LogP contribution in [0.4, 0.5) is 4.39 Å². The van der Waals surface area contributed by atoms with Crippen LogP contribution in [0.3, 0.4) is 0 Å². The molecule has 0 aliphatic rings. The van der Waals surface area contributed by atoms with Gasteiger partial charge in [-0.15, -0.1) is 0 Å². The van der Waals surface area contributed by atoms with Crippen LogP contribution in [0.5, 0.6) is 11.5 Å². The Balaban J connectivity index is 1.68. The summed E-state index contributed by atoms with van der Waals surface area (Å²) in [6.45, 7) is 3.39. The van der Waals surface area contributed by atoms with E-state index in [0.29, 0.717) is 36.8 Å². The highest BCUT2D eigenvalue weighted by molar-refractivity contribution is 5.47. The fraction of sp³-hybridized carbons (Fsp3) is 0.250. The van der Waals surface area contributed by atoms with Crippen LogP contribution in [-0.2, 0) is 13.2 Å². The van der Waals surface area contributed by atoms with E-state index in [9.17, 15) is 9.50 Å². The summed E-state index contributed by atoms with van der Waals surface area (Å²) in [6, 6.07) is 21.7. The van der Waals surface area contributed by atoms with Crippen molar-refractivity contribution in [3.63, 3.8) is 0 Å². The lowest BCUT2D eigenvalue weighted by molar-refractivity contribution is 0.174. The molecule has 0 fully saturated rings. The van der Waals surface area contributed by atoms with Gasteiger partial charge >= 0.3 is 0 Å². The standard InChI is InChI=1S/C24H26FNO3/c1-2-28-23-14-8-12-19(15-26-16-22(27)18-9-4-3-5-10-18)24(23)29-17-20-11-6-7-13-21(20)25/h3-14,22,26-27H,2,15-17H2,1H3/t22-/m0/s1. The number of aliphatic hydroxyl groups is 1. The molecule has 0 aliphatic heterocycles. The SMILES string of the molecule is CCOc1cccc(CNC[C@H](O)c2ccccc2)c1OCc1ccccc1F. The molecule has 0 unspecified atom stereocenters. The van der Waals surface area contributed by atoms with E-state index < -0.39 is 6.10 Å². The first-order valence-electron chi connectivity index (χ1n) is 9.73. The van der Waals surface area contributed by atoms with Crippen molar-refractivity contribution >= 4 is 0 Å². The molecule has 152 valence electrons. The van der Waals surface area contributed by atoms with Gasteiger partial charge in [0.05, 0.1) is 12.7 Å². The van der Waals surface area contributed by atoms with Gasteiger partial charge in [0, 0.05) is 24.2 Å². The molecule has 0 bridgehead atoms. The highest BCUT2D eigenvalue weighted by Crippen LogP contribution is 2.32. The van der Waals surface area contributed by atoms with E-state index in [1.165, 1.54) is 6.07 Å². The van der Waals surface area contributed by atoms with Crippen LogP contribution < -0.4 is 14.8 Å². The Bertz CT molecular complexity index is 902. The average Bonchev–Trinajstić information content (AvgIpc) is 2.75. The topological polar surface area (TPSA) is 50.7 Å². The summed E-state index contributed by atoms with van der Waals surface area (Å²) in [6.07, 6.45) is -0.603. The second-order valence-corrected chi connectivity index (χ2v) is 6.61. The molecule has 0 heterocycles. The summed E-state index contributed by atoms with van der Waals surface area (Å²) in [5.41, 5.74) is 2.23. The first-order valence-corrected chi connectivity index (χ1v) is 9.73. The van der Waals surface area contributed by atoms with Gasteiger partial charge in [-0.05, 0) is 24.6 Å². The van der Waals surface area contributed by atoms with Crippen molar-refractivity contribution in [2.45, 2.75) is 26.2 Å². The number of rotatable bonds is 10. The predicted molar refractivity (Wildman–Crippen MR) is 111 cm³/mol. The Labute approximate surface area is 170 Å². The van der Waals surface area contributed by atoms with Crippen molar-refractivity contribution in [2.75, 3.05) is 13.2 Å². The smallest absolute Gasteiger partial charge is 0.166 e. The van der Waals surface area contributed by atoms with Gasteiger partial charge in [0.1, 0.15) is 12.4 Å². The van der Waals surface area contributed by atoms with Crippen molar-refractivity contribution < 1.29 is 19.0 Å². The number of hydrogen-bond donors (Lipinski definition) is 2. The van der Waals surface area contributed by atoms with Gasteiger partial charge in [-0.1, -0.05) is 60.7 Å². The number of halogens is 1. The van der Waals surface area contributed by atoms with Gasteiger partial charge in [0.25, 0.3) is 0 Å². The molecular weight excluding hydrogens is 369 g/mol. The molecular formula is C24H26FNO3. The zero-order chi connectivity index (χ0) is 20.5. The van der Waals surface area contributed by atoms with Gasteiger partial charge in [-0.25, -0.2) is 4.39 Å². The van der Waals surface area contributed by atoms with Crippen molar-refractivity contribution in [3.8, 4) is 11.5 Å². The zero-order valence-corrected chi connectivity index (χ0v) is 16.5. The molecule has 0 aromatic heterocycles. The number of hydrogen-bond acceptors (Lipinski definition) is 4. The zero-order valence-electron chi connectivity index (χ0n) is 16.5. The monoisotopic (exact) mass is 395 g/mol. The third-order valence-corrected chi connectivity index (χ3v) is 4.53. The van der Waals surface area contributed by atoms with E-state index in [-0.39, 0.29) is 12.4 Å². The summed E-state index contributed by atoms with van der Waals surface area (Å²) < 4.78 is 25.6. The maximum absolute atomic E-state index is 13.9. The van der Waals surface area contributed by atoms with Gasteiger partial charge in [-0.3, -0.25) is 0 Å². The quantitative estimate of drug-likeness (QED) is 0.526. The number of para-hydroxylation sites is 1. The van der Waals surface area contributed by atoms with E-state index >= 15 is 0 Å². The molecule has 3 aromatic carbocycles. The molecule has 0 radical (unpaired) electrons. The Hall–Kier alpha value is -2.89. The second kappa shape index (κ2) is 10.6. The number of nitrogens with one attached hydrogen (secondary N) is 1. The van der Waals surface area contributed by atoms with Crippen molar-refractivity contribution in [1.29, 1.82) is 0 Å². The van der Waals surface area contributed by atoms with Crippen LogP contribution in [0.1, 0.15) is 29.7 Å². The van der Waals surface area contributed by atoms with Gasteiger partial charge in [0.2, 0.25) is 0 Å². The van der Waals surface area contributed by atoms with Crippen LogP contribution in [0.15, 0.2) is 72.8 Å². The van der Waals surface area contributed by atoms with Crippen LogP contribution in [0.25, 0.3) is 0 Å². The van der Waals surface area contributed by atoms with Gasteiger partial charge in [0.15, 0.2) is 11.5 Å². The Kier molecular flexibility index (Phi) is 7.61. The summed E-state index contributed by atoms with van der Waals surface area (Å²) in [7, 11) is 0. The number of benzene rings is 3. The van der Waals surface area contributed by atoms with E-state index in [4.69, 9.17) is 9.47 Å². The molecule has 0 amide bonds. The lowest BCUT2D eigenvalue weighted by Gasteiger charge is -2.18. The fourth-order valence-electron chi connectivity index (χ4n) is 3.04. The van der Waals surface area contributed by atoms with Crippen LogP contribution in [-0.4, -0.2) is 18.3 Å². The van der Waals surface area contributed by atoms with Gasteiger partial charge < -0.3 is 19.9 Å². The minimum Gasteiger partial charge on any atom is -0.490 e. The van der Waals surface area contributed by atoms with Crippen molar-refractivity contribution in [1.82, 2.24) is 5.32 Å². The second-order valence-electron chi connectivity index (χ2n) is 6.61. The summed E-state index contributed by atoms with van der Waals surface area (Å²) >= 11 is 0. The largest absolute Gasteiger partial charge is 0.490 e. The molecule has 0 saturated carbocycles. The third kappa shape index (κ3) is 5.79. The van der Waals surface area contributed by atoms with Crippen LogP contribution in [0.2, 0.25) is 0 Å². The molecule has 2 N–H and O–H groups in total. The molecule has 0 saturated heterocycles. The maximum atomic E-state index is 13.9. The molecule has 4 nitrogen and oxygen atoms in total. The Morgan fingerprint density at radius 3 is 2.38 bits per heavy atom. The van der Waals surface area contributed by atoms with E-state index in [1.807, 2.05) is 55.5 Å². The third-order valence-electron chi connectivity index (χ3n) is 4.53. The predicted octanol–water partition coefficient (Wildman–Crippen LogP) is 4.63. The highest BCUT2D eigenvalue weighted by atomic mass is 19.1. The first kappa shape index (κ1) is 20.8. The lowest BCUT2D eigenvalue weighted by atomic mass is 10.1. The molecule has 0 aliphatic carbocycles. The number of aliphatic hydroxyl groups excluding tert-OH is 1. The normalized spacial score (nSPS) is 11.8. The lowest BCUT2D eigenvalue weighted by Crippen LogP contribution is -2.21. The molecule has 29 heavy (non-hydrogen) atoms. The Morgan fingerprint density at radius 2 is 1.62 bits per heavy atom. The fourth-order valence-corrected chi connectivity index (χ4v) is 3.04. The Morgan fingerprint density at radius 1 is 0.897 bits per heavy atom. The van der Waals surface area contributed by atoms with Crippen LogP contribution >= 0.6 is 0 Å². The summed E-state index contributed by atoms with van der Waals surface area (Å²) in [5.74, 6) is 0.901.